The Balaban J connectivity index is 0.000000810. The van der Waals surface area contributed by atoms with Crippen LogP contribution in [0.5, 0.6) is 0 Å². The molecule has 0 radical (unpaired) electrons. The molecular formula is C7H16ClNO. The van der Waals surface area contributed by atoms with Crippen LogP contribution in [-0.2, 0) is 0 Å². The topological polar surface area (TPSA) is 32.3 Å². The lowest BCUT2D eigenvalue weighted by atomic mass is 9.95. The zero-order valence-electron chi connectivity index (χ0n) is 6.34. The number of nitrogens with one attached hydrogen (secondary N) is 1. The van der Waals surface area contributed by atoms with Crippen LogP contribution in [-0.4, -0.2) is 24.3 Å². The highest BCUT2D eigenvalue weighted by atomic mass is 35.5. The van der Waals surface area contributed by atoms with E-state index in [1.165, 1.54) is 12.8 Å². The summed E-state index contributed by atoms with van der Waals surface area (Å²) in [6.45, 7) is 4.00. The number of aliphatic hydroxyl groups is 1. The van der Waals surface area contributed by atoms with E-state index in [-0.39, 0.29) is 18.5 Å². The molecule has 10 heavy (non-hydrogen) atoms. The minimum atomic E-state index is -0.127. The van der Waals surface area contributed by atoms with Gasteiger partial charge in [-0.3, -0.25) is 0 Å². The van der Waals surface area contributed by atoms with Crippen LogP contribution in [0.3, 0.4) is 0 Å². The van der Waals surface area contributed by atoms with E-state index < -0.39 is 0 Å². The van der Waals surface area contributed by atoms with E-state index in [2.05, 4.69) is 5.32 Å². The molecule has 3 heteroatoms. The molecule has 1 fully saturated rings. The standard InChI is InChI=1S/C7H15NO.ClH/c1-6(9)7-3-2-4-8-5-7;/h6-9H,2-5H2,1H3;1H. The quantitative estimate of drug-likeness (QED) is 0.602. The maximum Gasteiger partial charge on any atom is 0.0552 e. The van der Waals surface area contributed by atoms with Crippen molar-refractivity contribution in [2.75, 3.05) is 13.1 Å². The number of rotatable bonds is 1. The fourth-order valence-corrected chi connectivity index (χ4v) is 1.29. The van der Waals surface area contributed by atoms with Crippen LogP contribution in [0.1, 0.15) is 19.8 Å². The fraction of sp³-hybridized carbons (Fsp3) is 1.00. The summed E-state index contributed by atoms with van der Waals surface area (Å²) in [4.78, 5) is 0. The van der Waals surface area contributed by atoms with E-state index >= 15 is 0 Å². The van der Waals surface area contributed by atoms with E-state index in [1.807, 2.05) is 6.92 Å². The van der Waals surface area contributed by atoms with Gasteiger partial charge in [-0.15, -0.1) is 12.4 Å². The van der Waals surface area contributed by atoms with Crippen molar-refractivity contribution in [3.63, 3.8) is 0 Å². The van der Waals surface area contributed by atoms with Gasteiger partial charge < -0.3 is 10.4 Å². The van der Waals surface area contributed by atoms with Gasteiger partial charge in [0, 0.05) is 6.54 Å². The molecule has 0 aromatic rings. The van der Waals surface area contributed by atoms with Gasteiger partial charge >= 0.3 is 0 Å². The molecule has 2 N–H and O–H groups in total. The van der Waals surface area contributed by atoms with Gasteiger partial charge in [-0.2, -0.15) is 0 Å². The lowest BCUT2D eigenvalue weighted by molar-refractivity contribution is 0.109. The summed E-state index contributed by atoms with van der Waals surface area (Å²) in [6.07, 6.45) is 2.28. The molecule has 2 nitrogen and oxygen atoms in total. The third kappa shape index (κ3) is 2.86. The smallest absolute Gasteiger partial charge is 0.0552 e. The predicted molar refractivity (Wildman–Crippen MR) is 44.5 cm³/mol. The Morgan fingerprint density at radius 2 is 2.30 bits per heavy atom. The molecule has 1 aliphatic heterocycles. The second-order valence-corrected chi connectivity index (χ2v) is 2.85. The van der Waals surface area contributed by atoms with E-state index in [0.29, 0.717) is 5.92 Å². The highest BCUT2D eigenvalue weighted by Crippen LogP contribution is 2.13. The molecule has 1 aliphatic rings. The third-order valence-electron chi connectivity index (χ3n) is 2.02. The molecule has 2 unspecified atom stereocenters. The highest BCUT2D eigenvalue weighted by molar-refractivity contribution is 5.85. The summed E-state index contributed by atoms with van der Waals surface area (Å²) < 4.78 is 0. The second kappa shape index (κ2) is 4.94. The number of hydrogen-bond donors (Lipinski definition) is 2. The molecule has 0 bridgehead atoms. The van der Waals surface area contributed by atoms with Crippen LogP contribution >= 0.6 is 12.4 Å². The first-order chi connectivity index (χ1) is 4.30. The highest BCUT2D eigenvalue weighted by Gasteiger charge is 2.16. The summed E-state index contributed by atoms with van der Waals surface area (Å²) in [7, 11) is 0. The van der Waals surface area contributed by atoms with Gasteiger partial charge in [0.15, 0.2) is 0 Å². The molecule has 62 valence electrons. The van der Waals surface area contributed by atoms with E-state index in [9.17, 15) is 0 Å². The molecule has 0 aromatic carbocycles. The van der Waals surface area contributed by atoms with Gasteiger partial charge in [0.1, 0.15) is 0 Å². The van der Waals surface area contributed by atoms with Crippen LogP contribution in [0.25, 0.3) is 0 Å². The van der Waals surface area contributed by atoms with Crippen molar-refractivity contribution >= 4 is 12.4 Å². The summed E-state index contributed by atoms with van der Waals surface area (Å²) >= 11 is 0. The maximum atomic E-state index is 9.14. The minimum Gasteiger partial charge on any atom is -0.393 e. The monoisotopic (exact) mass is 165 g/mol. The minimum absolute atomic E-state index is 0. The second-order valence-electron chi connectivity index (χ2n) is 2.85. The first-order valence-electron chi connectivity index (χ1n) is 3.69. The fourth-order valence-electron chi connectivity index (χ4n) is 1.29. The van der Waals surface area contributed by atoms with Crippen molar-refractivity contribution in [3.8, 4) is 0 Å². The van der Waals surface area contributed by atoms with Crippen molar-refractivity contribution in [3.05, 3.63) is 0 Å². The van der Waals surface area contributed by atoms with Gasteiger partial charge in [-0.05, 0) is 32.2 Å². The molecular weight excluding hydrogens is 150 g/mol. The van der Waals surface area contributed by atoms with Crippen LogP contribution in [0.4, 0.5) is 0 Å². The van der Waals surface area contributed by atoms with Gasteiger partial charge in [0.05, 0.1) is 6.10 Å². The molecule has 0 saturated carbocycles. The van der Waals surface area contributed by atoms with Gasteiger partial charge in [0.2, 0.25) is 0 Å². The zero-order valence-corrected chi connectivity index (χ0v) is 7.16. The number of aliphatic hydroxyl groups excluding tert-OH is 1. The average molecular weight is 166 g/mol. The van der Waals surface area contributed by atoms with Gasteiger partial charge in [0.25, 0.3) is 0 Å². The average Bonchev–Trinajstić information content (AvgIpc) is 1.90. The summed E-state index contributed by atoms with van der Waals surface area (Å²) in [5.41, 5.74) is 0. The molecule has 1 heterocycles. The summed E-state index contributed by atoms with van der Waals surface area (Å²) in [5, 5.41) is 12.4. The Morgan fingerprint density at radius 1 is 1.60 bits per heavy atom. The molecule has 1 rings (SSSR count). The van der Waals surface area contributed by atoms with Crippen LogP contribution < -0.4 is 5.32 Å². The first kappa shape index (κ1) is 10.2. The Morgan fingerprint density at radius 3 is 2.60 bits per heavy atom. The Bertz CT molecular complexity index is 81.7. The molecule has 2 atom stereocenters. The lowest BCUT2D eigenvalue weighted by Gasteiger charge is -2.24. The van der Waals surface area contributed by atoms with Crippen molar-refractivity contribution < 1.29 is 5.11 Å². The number of halogens is 1. The van der Waals surface area contributed by atoms with E-state index in [0.717, 1.165) is 13.1 Å². The predicted octanol–water partition coefficient (Wildman–Crippen LogP) is 0.789. The lowest BCUT2D eigenvalue weighted by Crippen LogP contribution is -2.35. The van der Waals surface area contributed by atoms with Crippen LogP contribution in [0, 0.1) is 5.92 Å². The van der Waals surface area contributed by atoms with Crippen LogP contribution in [0.15, 0.2) is 0 Å². The van der Waals surface area contributed by atoms with Gasteiger partial charge in [-0.25, -0.2) is 0 Å². The number of piperidine rings is 1. The largest absolute Gasteiger partial charge is 0.393 e. The van der Waals surface area contributed by atoms with Crippen molar-refractivity contribution in [1.29, 1.82) is 0 Å². The molecule has 0 spiro atoms. The van der Waals surface area contributed by atoms with Crippen LogP contribution in [0.2, 0.25) is 0 Å². The van der Waals surface area contributed by atoms with Gasteiger partial charge in [-0.1, -0.05) is 0 Å². The molecule has 0 aromatic heterocycles. The van der Waals surface area contributed by atoms with Crippen molar-refractivity contribution in [1.82, 2.24) is 5.32 Å². The number of hydrogen-bond acceptors (Lipinski definition) is 2. The third-order valence-corrected chi connectivity index (χ3v) is 2.02. The zero-order chi connectivity index (χ0) is 6.69. The SMILES string of the molecule is CC(O)C1CCCNC1.Cl. The Hall–Kier alpha value is 0.210. The van der Waals surface area contributed by atoms with E-state index in [4.69, 9.17) is 5.11 Å². The first-order valence-corrected chi connectivity index (χ1v) is 3.69. The molecule has 0 amide bonds. The van der Waals surface area contributed by atoms with Crippen molar-refractivity contribution in [2.24, 2.45) is 5.92 Å². The van der Waals surface area contributed by atoms with Crippen molar-refractivity contribution in [2.45, 2.75) is 25.9 Å². The normalized spacial score (nSPS) is 28.8. The summed E-state index contributed by atoms with van der Waals surface area (Å²) in [6, 6.07) is 0. The van der Waals surface area contributed by atoms with E-state index in [1.54, 1.807) is 0 Å². The summed E-state index contributed by atoms with van der Waals surface area (Å²) in [5.74, 6) is 0.499. The maximum absolute atomic E-state index is 9.14. The molecule has 0 aliphatic carbocycles. The Labute approximate surface area is 68.4 Å². The Kier molecular flexibility index (Phi) is 5.04. The molecule has 1 saturated heterocycles.